The molecule has 0 unspecified atom stereocenters. The summed E-state index contributed by atoms with van der Waals surface area (Å²) in [5, 5.41) is 0. The van der Waals surface area contributed by atoms with Gasteiger partial charge in [-0.15, -0.1) is 0 Å². The molecule has 0 heterocycles. The van der Waals surface area contributed by atoms with Crippen molar-refractivity contribution in [2.24, 2.45) is 0 Å². The standard InChI is InChI=1S/C92H80O4/c1-5-49-93-89-81-53-69(29-25-65-33-41-77(42-34-65)73-17-9-10-18-73)54-82(89)62-84-56-71(31-27-67-37-45-79(46-38-67)75-21-13-14-22-75)58-86(91(84)95-51-7-3)64-88-60-72(32-28-68-39-47-80(48-40-68)76-23-15-16-24-76)59-87(92(88)96-52-8-4)63-85-57-70(55-83(61-81)90(85)94-50-6-2)30-26-66-35-43-78(44-36-66)74-19-11-12-20-74/h9-17,19,21,23,33-48,53-60H,5-8,18,20,22,24,49-52,61-64H2,1-4H3. The van der Waals surface area contributed by atoms with E-state index in [-0.39, 0.29) is 0 Å². The fourth-order valence-corrected chi connectivity index (χ4v) is 13.0. The average Bonchev–Trinajstić information content (AvgIpc) is 1.07. The molecule has 5 aliphatic rings. The van der Waals surface area contributed by atoms with Crippen molar-refractivity contribution in [1.82, 2.24) is 0 Å². The summed E-state index contributed by atoms with van der Waals surface area (Å²) in [4.78, 5) is 0. The predicted molar refractivity (Wildman–Crippen MR) is 397 cm³/mol. The highest BCUT2D eigenvalue weighted by Gasteiger charge is 2.25. The summed E-state index contributed by atoms with van der Waals surface area (Å²) in [7, 11) is 0. The summed E-state index contributed by atoms with van der Waals surface area (Å²) in [5.41, 5.74) is 25.5. The van der Waals surface area contributed by atoms with Gasteiger partial charge in [-0.2, -0.15) is 0 Å². The molecule has 0 saturated carbocycles. The van der Waals surface area contributed by atoms with Crippen LogP contribution in [0.15, 0.2) is 219 Å². The first-order valence-electron chi connectivity index (χ1n) is 34.4. The fraction of sp³-hybridized carbons (Fsp3) is 0.217. The van der Waals surface area contributed by atoms with Crippen LogP contribution in [0.3, 0.4) is 0 Å². The molecule has 0 amide bonds. The van der Waals surface area contributed by atoms with Crippen molar-refractivity contribution in [3.05, 3.63) is 330 Å². The highest BCUT2D eigenvalue weighted by Crippen LogP contribution is 2.42. The molecular formula is C92H80O4. The molecule has 0 saturated heterocycles. The van der Waals surface area contributed by atoms with Gasteiger partial charge in [-0.1, -0.05) is 197 Å². The molecule has 0 N–H and O–H groups in total. The Morgan fingerprint density at radius 1 is 0.250 bits per heavy atom. The number of fused-ring (bicyclic) bond motifs is 8. The Kier molecular flexibility index (Phi) is 20.6. The van der Waals surface area contributed by atoms with Crippen molar-refractivity contribution < 1.29 is 18.9 Å². The highest BCUT2D eigenvalue weighted by molar-refractivity contribution is 5.75. The van der Waals surface area contributed by atoms with Gasteiger partial charge in [0, 0.05) is 115 Å². The van der Waals surface area contributed by atoms with Gasteiger partial charge in [0.1, 0.15) is 23.0 Å². The van der Waals surface area contributed by atoms with Gasteiger partial charge in [-0.05, 0) is 193 Å². The molecule has 0 aromatic heterocycles. The molecule has 8 aromatic rings. The van der Waals surface area contributed by atoms with Crippen LogP contribution in [0, 0.1) is 47.4 Å². The summed E-state index contributed by atoms with van der Waals surface area (Å²) in [5.74, 6) is 32.4. The van der Waals surface area contributed by atoms with E-state index in [1.807, 2.05) is 0 Å². The van der Waals surface area contributed by atoms with Gasteiger partial charge in [0.05, 0.1) is 26.4 Å². The third-order valence-corrected chi connectivity index (χ3v) is 17.8. The van der Waals surface area contributed by atoms with Crippen LogP contribution in [0.25, 0.3) is 22.3 Å². The molecule has 0 fully saturated rings. The van der Waals surface area contributed by atoms with Gasteiger partial charge in [-0.3, -0.25) is 0 Å². The van der Waals surface area contributed by atoms with E-state index in [0.29, 0.717) is 52.1 Å². The van der Waals surface area contributed by atoms with E-state index < -0.39 is 0 Å². The molecule has 5 aliphatic carbocycles. The van der Waals surface area contributed by atoms with Crippen LogP contribution in [0.5, 0.6) is 23.0 Å². The van der Waals surface area contributed by atoms with Crippen molar-refractivity contribution in [2.45, 2.75) is 105 Å². The Morgan fingerprint density at radius 2 is 0.438 bits per heavy atom. The minimum atomic E-state index is 0.476. The Balaban J connectivity index is 1.03. The number of rotatable bonds is 16. The molecule has 472 valence electrons. The second-order valence-electron chi connectivity index (χ2n) is 25.2. The Bertz CT molecular complexity index is 4060. The SMILES string of the molecule is CCCOc1c2cc(C#Cc3ccc(C4=CC=CC4)cc3)cc1Cc1cc(C#Cc3ccc(C4=CC=CC4)cc3)cc(c1OCCC)Cc1cc(C#Cc3ccc(C4=CC=CC4)cc3)cc(c1OCCC)Cc1cc(C#Cc3ccc(C4=CC=CC4)cc3)cc(c1OCCC)C2. The number of allylic oxidation sites excluding steroid dienone is 16. The number of ether oxygens (including phenoxy) is 4. The number of hydrogen-bond acceptors (Lipinski definition) is 4. The normalized spacial score (nSPS) is 13.8. The quantitative estimate of drug-likeness (QED) is 0.0904. The maximum atomic E-state index is 7.13. The zero-order valence-electron chi connectivity index (χ0n) is 55.7. The zero-order valence-corrected chi connectivity index (χ0v) is 55.7. The lowest BCUT2D eigenvalue weighted by atomic mass is 9.88. The lowest BCUT2D eigenvalue weighted by Gasteiger charge is -2.24. The van der Waals surface area contributed by atoms with Gasteiger partial charge in [0.15, 0.2) is 0 Å². The van der Waals surface area contributed by atoms with Crippen LogP contribution in [0.2, 0.25) is 0 Å². The van der Waals surface area contributed by atoms with E-state index >= 15 is 0 Å². The smallest absolute Gasteiger partial charge is 0.126 e. The molecule has 13 rings (SSSR count). The second kappa shape index (κ2) is 30.9. The molecule has 96 heavy (non-hydrogen) atoms. The summed E-state index contributed by atoms with van der Waals surface area (Å²) in [6.45, 7) is 10.8. The molecule has 4 heteroatoms. The van der Waals surface area contributed by atoms with Gasteiger partial charge < -0.3 is 18.9 Å². The second-order valence-corrected chi connectivity index (χ2v) is 25.2. The van der Waals surface area contributed by atoms with Crippen molar-refractivity contribution in [3.63, 3.8) is 0 Å². The maximum Gasteiger partial charge on any atom is 0.126 e. The van der Waals surface area contributed by atoms with Crippen LogP contribution in [-0.4, -0.2) is 26.4 Å². The number of hydrogen-bond donors (Lipinski definition) is 0. The summed E-state index contributed by atoms with van der Waals surface area (Å²) >= 11 is 0. The molecule has 0 atom stereocenters. The fourth-order valence-electron chi connectivity index (χ4n) is 13.0. The first-order valence-corrected chi connectivity index (χ1v) is 34.4. The van der Waals surface area contributed by atoms with E-state index in [1.165, 1.54) is 44.5 Å². The molecule has 8 bridgehead atoms. The molecule has 4 nitrogen and oxygen atoms in total. The van der Waals surface area contributed by atoms with Gasteiger partial charge in [-0.25, -0.2) is 0 Å². The van der Waals surface area contributed by atoms with Gasteiger partial charge >= 0.3 is 0 Å². The molecule has 0 radical (unpaired) electrons. The molecule has 0 spiro atoms. The molecule has 8 aromatic carbocycles. The minimum Gasteiger partial charge on any atom is -0.493 e. The van der Waals surface area contributed by atoms with E-state index in [1.54, 1.807) is 0 Å². The Hall–Kier alpha value is -10.9. The first-order chi connectivity index (χ1) is 47.3. The third-order valence-electron chi connectivity index (χ3n) is 17.8. The zero-order chi connectivity index (χ0) is 65.4. The van der Waals surface area contributed by atoms with Crippen LogP contribution in [0.1, 0.15) is 190 Å². The van der Waals surface area contributed by atoms with E-state index in [2.05, 4.69) is 294 Å². The van der Waals surface area contributed by atoms with E-state index in [4.69, 9.17) is 18.9 Å². The number of benzene rings is 8. The Labute approximate surface area is 569 Å². The van der Waals surface area contributed by atoms with Crippen LogP contribution in [0.4, 0.5) is 0 Å². The van der Waals surface area contributed by atoms with Crippen molar-refractivity contribution >= 4 is 22.3 Å². The summed E-state index contributed by atoms with van der Waals surface area (Å²) in [6, 6.07) is 52.5. The first kappa shape index (κ1) is 63.9. The summed E-state index contributed by atoms with van der Waals surface area (Å²) in [6.07, 6.45) is 35.1. The van der Waals surface area contributed by atoms with Crippen LogP contribution < -0.4 is 18.9 Å². The summed E-state index contributed by atoms with van der Waals surface area (Å²) < 4.78 is 28.5. The lowest BCUT2D eigenvalue weighted by Crippen LogP contribution is -2.11. The average molecular weight is 1250 g/mol. The molecular weight excluding hydrogens is 1170 g/mol. The maximum absolute atomic E-state index is 7.13. The molecule has 0 aliphatic heterocycles. The van der Waals surface area contributed by atoms with E-state index in [0.717, 1.165) is 163 Å². The van der Waals surface area contributed by atoms with Crippen molar-refractivity contribution in [1.29, 1.82) is 0 Å². The van der Waals surface area contributed by atoms with Gasteiger partial charge in [0.2, 0.25) is 0 Å². The van der Waals surface area contributed by atoms with Gasteiger partial charge in [0.25, 0.3) is 0 Å². The van der Waals surface area contributed by atoms with Crippen molar-refractivity contribution in [3.8, 4) is 70.4 Å². The topological polar surface area (TPSA) is 36.9 Å². The van der Waals surface area contributed by atoms with Crippen molar-refractivity contribution in [2.75, 3.05) is 26.4 Å². The monoisotopic (exact) mass is 1250 g/mol. The van der Waals surface area contributed by atoms with Crippen LogP contribution >= 0.6 is 0 Å². The predicted octanol–water partition coefficient (Wildman–Crippen LogP) is 20.5. The largest absolute Gasteiger partial charge is 0.493 e. The van der Waals surface area contributed by atoms with Crippen LogP contribution in [-0.2, 0) is 25.7 Å². The lowest BCUT2D eigenvalue weighted by molar-refractivity contribution is 0.304. The highest BCUT2D eigenvalue weighted by atomic mass is 16.5. The van der Waals surface area contributed by atoms with E-state index in [9.17, 15) is 0 Å². The third kappa shape index (κ3) is 15.7. The minimum absolute atomic E-state index is 0.476. The Morgan fingerprint density at radius 3 is 0.604 bits per heavy atom.